The summed E-state index contributed by atoms with van der Waals surface area (Å²) in [5.41, 5.74) is 5.69. The van der Waals surface area contributed by atoms with Crippen molar-refractivity contribution < 1.29 is 37.4 Å². The van der Waals surface area contributed by atoms with Crippen molar-refractivity contribution in [1.82, 2.24) is 15.1 Å². The molecule has 0 aliphatic carbocycles. The van der Waals surface area contributed by atoms with Gasteiger partial charge in [0.15, 0.2) is 0 Å². The molecule has 13 nitrogen and oxygen atoms in total. The number of carboxylic acids is 1. The van der Waals surface area contributed by atoms with Crippen LogP contribution in [0.3, 0.4) is 0 Å². The lowest BCUT2D eigenvalue weighted by atomic mass is 9.78. The summed E-state index contributed by atoms with van der Waals surface area (Å²) in [5, 5.41) is 17.4. The number of primary amides is 1. The van der Waals surface area contributed by atoms with Crippen LogP contribution in [0.2, 0.25) is 0 Å². The Morgan fingerprint density at radius 1 is 1.21 bits per heavy atom. The third-order valence-electron chi connectivity index (χ3n) is 6.06. The molecule has 6 N–H and O–H groups in total. The zero-order chi connectivity index (χ0) is 24.1. The smallest absolute Gasteiger partial charge is 0.404 e. The summed E-state index contributed by atoms with van der Waals surface area (Å²) in [7, 11) is -3.83. The minimum Gasteiger partial charge on any atom is -0.477 e. The number of likely N-dealkylation sites (tertiary alicyclic amines) is 1. The van der Waals surface area contributed by atoms with E-state index in [0.717, 1.165) is 4.90 Å². The lowest BCUT2D eigenvalue weighted by Gasteiger charge is -2.53. The number of benzene rings is 1. The Balaban J connectivity index is 1.45. The molecule has 0 radical (unpaired) electrons. The van der Waals surface area contributed by atoms with Gasteiger partial charge in [0.05, 0.1) is 10.9 Å². The van der Waals surface area contributed by atoms with Crippen molar-refractivity contribution in [3.8, 4) is 0 Å². The minimum absolute atomic E-state index is 0.0566. The van der Waals surface area contributed by atoms with Crippen LogP contribution in [0.5, 0.6) is 0 Å². The molecule has 4 amide bonds. The highest BCUT2D eigenvalue weighted by atomic mass is 32.2. The van der Waals surface area contributed by atoms with Gasteiger partial charge in [-0.25, -0.2) is 27.9 Å². The number of urea groups is 1. The van der Waals surface area contributed by atoms with Gasteiger partial charge in [0.1, 0.15) is 18.3 Å². The SMILES string of the molecule is NC(=O)OCC1=C(C(=O)O)N2C(=O)[C@@H]3[C@H]2C1CCN3C(=O)NCc1ccc(S(N)(=O)=O)cc1. The molecule has 0 spiro atoms. The monoisotopic (exact) mass is 479 g/mol. The fraction of sp³-hybridized carbons (Fsp3) is 0.368. The van der Waals surface area contributed by atoms with Crippen LogP contribution in [0.4, 0.5) is 9.59 Å². The number of β-lactam (4-membered cyclic amide) rings is 1. The number of sulfonamides is 1. The maximum Gasteiger partial charge on any atom is 0.404 e. The predicted molar refractivity (Wildman–Crippen MR) is 109 cm³/mol. The van der Waals surface area contributed by atoms with Gasteiger partial charge in [-0.2, -0.15) is 0 Å². The van der Waals surface area contributed by atoms with E-state index in [4.69, 9.17) is 15.6 Å². The number of rotatable bonds is 6. The van der Waals surface area contributed by atoms with Crippen LogP contribution < -0.4 is 16.2 Å². The van der Waals surface area contributed by atoms with E-state index in [9.17, 15) is 32.7 Å². The van der Waals surface area contributed by atoms with Crippen LogP contribution in [-0.2, 0) is 30.9 Å². The van der Waals surface area contributed by atoms with Crippen LogP contribution in [0.25, 0.3) is 0 Å². The first-order valence-electron chi connectivity index (χ1n) is 9.88. The van der Waals surface area contributed by atoms with E-state index in [1.807, 2.05) is 0 Å². The topological polar surface area (TPSA) is 202 Å². The first-order chi connectivity index (χ1) is 15.5. The van der Waals surface area contributed by atoms with Gasteiger partial charge in [0.2, 0.25) is 10.0 Å². The summed E-state index contributed by atoms with van der Waals surface area (Å²) in [5.74, 6) is -2.21. The molecule has 1 unspecified atom stereocenters. The molecule has 2 fully saturated rings. The zero-order valence-corrected chi connectivity index (χ0v) is 17.9. The number of hydrogen-bond acceptors (Lipinski definition) is 7. The highest BCUT2D eigenvalue weighted by Crippen LogP contribution is 2.48. The summed E-state index contributed by atoms with van der Waals surface area (Å²) in [6.07, 6.45) is -0.686. The minimum atomic E-state index is -3.83. The second kappa shape index (κ2) is 8.04. The van der Waals surface area contributed by atoms with E-state index in [2.05, 4.69) is 5.32 Å². The summed E-state index contributed by atoms with van der Waals surface area (Å²) < 4.78 is 27.5. The number of carbonyl (C=O) groups is 4. The lowest BCUT2D eigenvalue weighted by molar-refractivity contribution is -0.160. The van der Waals surface area contributed by atoms with Crippen molar-refractivity contribution in [2.24, 2.45) is 16.8 Å². The van der Waals surface area contributed by atoms with Gasteiger partial charge < -0.3 is 25.8 Å². The summed E-state index contributed by atoms with van der Waals surface area (Å²) in [4.78, 5) is 50.8. The highest BCUT2D eigenvalue weighted by molar-refractivity contribution is 7.89. The largest absolute Gasteiger partial charge is 0.477 e. The van der Waals surface area contributed by atoms with Crippen LogP contribution >= 0.6 is 0 Å². The third-order valence-corrected chi connectivity index (χ3v) is 6.99. The molecule has 2 saturated heterocycles. The van der Waals surface area contributed by atoms with E-state index < -0.39 is 46.1 Å². The molecule has 3 aliphatic heterocycles. The fourth-order valence-corrected chi connectivity index (χ4v) is 5.15. The standard InChI is InChI=1S/C19H21N5O8S/c20-18(28)32-8-12-11-5-6-23(15-13(11)24(16(15)25)14(12)17(26)27)19(29)22-7-9-1-3-10(4-2-9)33(21,30)31/h1-4,11,13,15H,5-8H2,(H2,20,28)(H,22,29)(H,26,27)(H2,21,30,31)/t11?,13-,15+/m1/s1. The number of nitrogens with one attached hydrogen (secondary N) is 1. The van der Waals surface area contributed by atoms with E-state index in [-0.39, 0.29) is 36.2 Å². The number of aliphatic carboxylic acids is 1. The number of nitrogens with two attached hydrogens (primary N) is 2. The van der Waals surface area contributed by atoms with Crippen LogP contribution in [0.1, 0.15) is 12.0 Å². The molecule has 14 heteroatoms. The molecule has 3 aliphatic rings. The molecule has 176 valence electrons. The summed E-state index contributed by atoms with van der Waals surface area (Å²) >= 11 is 0. The molecule has 0 aromatic heterocycles. The predicted octanol–water partition coefficient (Wildman–Crippen LogP) is -1.11. The van der Waals surface area contributed by atoms with Crippen molar-refractivity contribution in [3.63, 3.8) is 0 Å². The second-order valence-corrected chi connectivity index (χ2v) is 9.43. The molecule has 0 bridgehead atoms. The number of nitrogens with zero attached hydrogens (tertiary/aromatic N) is 2. The van der Waals surface area contributed by atoms with Gasteiger partial charge >= 0.3 is 18.1 Å². The number of primary sulfonamides is 1. The van der Waals surface area contributed by atoms with Crippen LogP contribution in [0.15, 0.2) is 40.4 Å². The Labute approximate surface area is 188 Å². The lowest BCUT2D eigenvalue weighted by Crippen LogP contribution is -2.74. The average molecular weight is 479 g/mol. The van der Waals surface area contributed by atoms with E-state index in [1.165, 1.54) is 29.2 Å². The maximum atomic E-state index is 12.8. The summed E-state index contributed by atoms with van der Waals surface area (Å²) in [6.45, 7) is -0.0702. The van der Waals surface area contributed by atoms with Gasteiger partial charge in [-0.1, -0.05) is 12.1 Å². The van der Waals surface area contributed by atoms with Gasteiger partial charge in [0.25, 0.3) is 5.91 Å². The van der Waals surface area contributed by atoms with Crippen molar-refractivity contribution in [3.05, 3.63) is 41.1 Å². The number of carboxylic acid groups (broad SMARTS) is 1. The van der Waals surface area contributed by atoms with Crippen molar-refractivity contribution in [1.29, 1.82) is 0 Å². The molecule has 4 rings (SSSR count). The van der Waals surface area contributed by atoms with Crippen molar-refractivity contribution in [2.75, 3.05) is 13.2 Å². The normalized spacial score (nSPS) is 23.7. The molecule has 1 aromatic carbocycles. The van der Waals surface area contributed by atoms with E-state index in [0.29, 0.717) is 17.6 Å². The molecule has 3 heterocycles. The Hall–Kier alpha value is -3.65. The number of hydrogen-bond donors (Lipinski definition) is 4. The van der Waals surface area contributed by atoms with E-state index >= 15 is 0 Å². The molecular formula is C19H21N5O8S. The first-order valence-corrected chi connectivity index (χ1v) is 11.4. The Bertz CT molecular complexity index is 1180. The summed E-state index contributed by atoms with van der Waals surface area (Å²) in [6, 6.07) is 3.76. The molecule has 1 aromatic rings. The highest BCUT2D eigenvalue weighted by Gasteiger charge is 2.64. The number of ether oxygens (including phenoxy) is 1. The van der Waals surface area contributed by atoms with Crippen molar-refractivity contribution >= 4 is 34.0 Å². The average Bonchev–Trinajstić information content (AvgIpc) is 3.07. The molecule has 3 atom stereocenters. The number of piperidine rings is 1. The van der Waals surface area contributed by atoms with Gasteiger partial charge in [-0.15, -0.1) is 0 Å². The van der Waals surface area contributed by atoms with Crippen molar-refractivity contribution in [2.45, 2.75) is 29.9 Å². The van der Waals surface area contributed by atoms with Gasteiger partial charge in [0, 0.05) is 24.6 Å². The van der Waals surface area contributed by atoms with Gasteiger partial charge in [-0.05, 0) is 24.1 Å². The molecule has 33 heavy (non-hydrogen) atoms. The first kappa shape index (κ1) is 22.5. The second-order valence-electron chi connectivity index (χ2n) is 7.87. The molecule has 0 saturated carbocycles. The maximum absolute atomic E-state index is 12.8. The van der Waals surface area contributed by atoms with E-state index in [1.54, 1.807) is 0 Å². The zero-order valence-electron chi connectivity index (χ0n) is 17.1. The van der Waals surface area contributed by atoms with Crippen LogP contribution in [0, 0.1) is 5.92 Å². The number of carbonyl (C=O) groups excluding carboxylic acids is 3. The Morgan fingerprint density at radius 3 is 2.45 bits per heavy atom. The number of amides is 4. The van der Waals surface area contributed by atoms with Gasteiger partial charge in [-0.3, -0.25) is 9.69 Å². The Morgan fingerprint density at radius 2 is 1.88 bits per heavy atom. The molecular weight excluding hydrogens is 458 g/mol. The third kappa shape index (κ3) is 3.87. The Kier molecular flexibility index (Phi) is 5.49. The van der Waals surface area contributed by atoms with Crippen LogP contribution in [-0.4, -0.2) is 72.6 Å². The quantitative estimate of drug-likeness (QED) is 0.368. The fourth-order valence-electron chi connectivity index (χ4n) is 4.64.